The van der Waals surface area contributed by atoms with Crippen LogP contribution in [-0.2, 0) is 0 Å². The van der Waals surface area contributed by atoms with Crippen LogP contribution in [0.25, 0.3) is 0 Å². The zero-order chi connectivity index (χ0) is 21.2. The zero-order valence-electron chi connectivity index (χ0n) is 17.7. The van der Waals surface area contributed by atoms with Gasteiger partial charge in [-0.15, -0.1) is 0 Å². The zero-order valence-corrected chi connectivity index (χ0v) is 17.7. The minimum Gasteiger partial charge on any atom is -0.457 e. The smallest absolute Gasteiger partial charge is 0.133 e. The summed E-state index contributed by atoms with van der Waals surface area (Å²) in [5.41, 5.74) is 6.50. The lowest BCUT2D eigenvalue weighted by Gasteiger charge is -2.26. The van der Waals surface area contributed by atoms with Crippen molar-refractivity contribution in [3.8, 4) is 11.5 Å². The topological polar surface area (TPSA) is 24.8 Å². The average Bonchev–Trinajstić information content (AvgIpc) is 2.82. The predicted octanol–water partition coefficient (Wildman–Crippen LogP) is 6.49. The van der Waals surface area contributed by atoms with Gasteiger partial charge in [-0.2, -0.15) is 0 Å². The maximum Gasteiger partial charge on any atom is 0.133 e. The Morgan fingerprint density at radius 3 is 1.74 bits per heavy atom. The number of fused-ring (bicyclic) bond motifs is 2. The number of rotatable bonds is 4. The van der Waals surface area contributed by atoms with E-state index in [-0.39, 0.29) is 6.04 Å². The summed E-state index contributed by atoms with van der Waals surface area (Å²) in [5, 5.41) is 0. The normalized spacial score (nSPS) is 13.2. The van der Waals surface area contributed by atoms with Gasteiger partial charge in [0.2, 0.25) is 0 Å². The van der Waals surface area contributed by atoms with E-state index in [0.29, 0.717) is 0 Å². The summed E-state index contributed by atoms with van der Waals surface area (Å²) in [7, 11) is 4.11. The summed E-state index contributed by atoms with van der Waals surface area (Å²) in [5.74, 6) is 1.73. The van der Waals surface area contributed by atoms with E-state index >= 15 is 0 Å². The van der Waals surface area contributed by atoms with Crippen LogP contribution in [0.5, 0.6) is 11.5 Å². The van der Waals surface area contributed by atoms with Gasteiger partial charge in [-0.05, 0) is 24.3 Å². The number of benzene rings is 4. The van der Waals surface area contributed by atoms with Crippen molar-refractivity contribution in [1.82, 2.24) is 0 Å². The van der Waals surface area contributed by atoms with Crippen LogP contribution in [-0.4, -0.2) is 19.8 Å². The van der Waals surface area contributed by atoms with Gasteiger partial charge < -0.3 is 9.64 Å². The molecule has 1 heterocycles. The lowest BCUT2D eigenvalue weighted by molar-refractivity contribution is 0.447. The molecular formula is C28H24N2O. The summed E-state index contributed by atoms with van der Waals surface area (Å²) in [4.78, 5) is 7.46. The van der Waals surface area contributed by atoms with Crippen molar-refractivity contribution in [1.29, 1.82) is 0 Å². The summed E-state index contributed by atoms with van der Waals surface area (Å²) in [6.45, 7) is 0. The molecule has 0 N–H and O–H groups in total. The van der Waals surface area contributed by atoms with Crippen LogP contribution in [0, 0.1) is 0 Å². The molecule has 1 aliphatic rings. The third-order valence-corrected chi connectivity index (χ3v) is 5.61. The third-order valence-electron chi connectivity index (χ3n) is 5.61. The molecule has 0 unspecified atom stereocenters. The molecule has 0 saturated carbocycles. The lowest BCUT2D eigenvalue weighted by Crippen LogP contribution is -2.13. The first kappa shape index (κ1) is 19.1. The maximum absolute atomic E-state index is 6.17. The van der Waals surface area contributed by atoms with Gasteiger partial charge in [-0.25, -0.2) is 0 Å². The van der Waals surface area contributed by atoms with Gasteiger partial charge in [0.05, 0.1) is 5.71 Å². The van der Waals surface area contributed by atoms with Crippen LogP contribution in [0.2, 0.25) is 0 Å². The Balaban J connectivity index is 1.70. The molecule has 4 aromatic carbocycles. The first-order valence-electron chi connectivity index (χ1n) is 10.5. The van der Waals surface area contributed by atoms with Crippen molar-refractivity contribution >= 4 is 11.4 Å². The van der Waals surface area contributed by atoms with Gasteiger partial charge in [0.25, 0.3) is 0 Å². The quantitative estimate of drug-likeness (QED) is 0.363. The molecule has 3 nitrogen and oxygen atoms in total. The molecule has 0 spiro atoms. The van der Waals surface area contributed by atoms with Crippen LogP contribution in [0.3, 0.4) is 0 Å². The largest absolute Gasteiger partial charge is 0.457 e. The highest BCUT2D eigenvalue weighted by molar-refractivity contribution is 6.13. The summed E-state index contributed by atoms with van der Waals surface area (Å²) < 4.78 is 6.17. The van der Waals surface area contributed by atoms with Crippen molar-refractivity contribution in [3.05, 3.63) is 125 Å². The third kappa shape index (κ3) is 3.71. The van der Waals surface area contributed by atoms with Crippen LogP contribution in [0.1, 0.15) is 28.3 Å². The Kier molecular flexibility index (Phi) is 5.01. The van der Waals surface area contributed by atoms with Crippen molar-refractivity contribution in [3.63, 3.8) is 0 Å². The number of hydrogen-bond acceptors (Lipinski definition) is 3. The average molecular weight is 405 g/mol. The standard InChI is InChI=1S/C28H24N2O/c1-30(2)22-18-16-21(17-19-22)27(20-10-4-3-5-11-20)29-28-23-12-6-8-14-25(23)31-26-15-9-7-13-24(26)28/h3-19,28H,1-2H3. The van der Waals surface area contributed by atoms with Gasteiger partial charge in [0.15, 0.2) is 0 Å². The van der Waals surface area contributed by atoms with Crippen molar-refractivity contribution in [2.45, 2.75) is 6.04 Å². The molecule has 3 heteroatoms. The number of ether oxygens (including phenoxy) is 1. The SMILES string of the molecule is CN(C)c1ccc(C(=NC2c3ccccc3Oc3ccccc32)c2ccccc2)cc1. The monoisotopic (exact) mass is 404 g/mol. The summed E-state index contributed by atoms with van der Waals surface area (Å²) >= 11 is 0. The Bertz CT molecular complexity index is 1180. The molecule has 31 heavy (non-hydrogen) atoms. The Hall–Kier alpha value is -3.85. The van der Waals surface area contributed by atoms with E-state index in [0.717, 1.165) is 45.2 Å². The van der Waals surface area contributed by atoms with E-state index in [1.807, 2.05) is 42.5 Å². The fourth-order valence-electron chi connectivity index (χ4n) is 3.98. The molecule has 0 bridgehead atoms. The molecule has 0 amide bonds. The van der Waals surface area contributed by atoms with Gasteiger partial charge in [-0.1, -0.05) is 78.9 Å². The molecule has 1 aliphatic heterocycles. The van der Waals surface area contributed by atoms with Crippen LogP contribution >= 0.6 is 0 Å². The predicted molar refractivity (Wildman–Crippen MR) is 128 cm³/mol. The number of aliphatic imine (C=N–C) groups is 1. The Labute approximate surface area is 183 Å². The first-order chi connectivity index (χ1) is 15.2. The second-order valence-electron chi connectivity index (χ2n) is 7.87. The molecule has 5 rings (SSSR count). The van der Waals surface area contributed by atoms with Crippen molar-refractivity contribution in [2.75, 3.05) is 19.0 Å². The van der Waals surface area contributed by atoms with Crippen LogP contribution in [0.4, 0.5) is 5.69 Å². The minimum atomic E-state index is -0.134. The molecular weight excluding hydrogens is 380 g/mol. The highest BCUT2D eigenvalue weighted by Crippen LogP contribution is 2.45. The van der Waals surface area contributed by atoms with E-state index in [2.05, 4.69) is 79.7 Å². The molecule has 4 aromatic rings. The fourth-order valence-corrected chi connectivity index (χ4v) is 3.98. The van der Waals surface area contributed by atoms with Gasteiger partial charge in [0, 0.05) is 42.0 Å². The highest BCUT2D eigenvalue weighted by atomic mass is 16.5. The Morgan fingerprint density at radius 1 is 0.645 bits per heavy atom. The number of anilines is 1. The number of para-hydroxylation sites is 2. The molecule has 0 aromatic heterocycles. The second-order valence-corrected chi connectivity index (χ2v) is 7.87. The second kappa shape index (κ2) is 8.11. The van der Waals surface area contributed by atoms with Gasteiger partial charge in [0.1, 0.15) is 17.5 Å². The van der Waals surface area contributed by atoms with E-state index in [9.17, 15) is 0 Å². The van der Waals surface area contributed by atoms with E-state index in [1.165, 1.54) is 0 Å². The molecule has 0 atom stereocenters. The molecule has 0 fully saturated rings. The van der Waals surface area contributed by atoms with Crippen molar-refractivity contribution < 1.29 is 4.74 Å². The van der Waals surface area contributed by atoms with E-state index < -0.39 is 0 Å². The highest BCUT2D eigenvalue weighted by Gasteiger charge is 2.27. The van der Waals surface area contributed by atoms with E-state index in [4.69, 9.17) is 9.73 Å². The first-order valence-corrected chi connectivity index (χ1v) is 10.5. The van der Waals surface area contributed by atoms with E-state index in [1.54, 1.807) is 0 Å². The van der Waals surface area contributed by atoms with Gasteiger partial charge >= 0.3 is 0 Å². The van der Waals surface area contributed by atoms with Crippen LogP contribution in [0.15, 0.2) is 108 Å². The molecule has 152 valence electrons. The molecule has 0 aliphatic carbocycles. The molecule has 0 saturated heterocycles. The number of nitrogens with zero attached hydrogens (tertiary/aromatic N) is 2. The summed E-state index contributed by atoms with van der Waals surface area (Å²) in [6, 6.07) is 35.2. The fraction of sp³-hybridized carbons (Fsp3) is 0.107. The maximum atomic E-state index is 6.17. The molecule has 0 radical (unpaired) electrons. The minimum absolute atomic E-state index is 0.134. The Morgan fingerprint density at radius 2 is 1.16 bits per heavy atom. The van der Waals surface area contributed by atoms with Crippen molar-refractivity contribution in [2.24, 2.45) is 4.99 Å². The lowest BCUT2D eigenvalue weighted by atomic mass is 9.93. The summed E-state index contributed by atoms with van der Waals surface area (Å²) in [6.07, 6.45) is 0. The number of hydrogen-bond donors (Lipinski definition) is 0. The van der Waals surface area contributed by atoms with Gasteiger partial charge in [-0.3, -0.25) is 4.99 Å². The van der Waals surface area contributed by atoms with Crippen LogP contribution < -0.4 is 9.64 Å².